The molecule has 0 saturated carbocycles. The van der Waals surface area contributed by atoms with Crippen molar-refractivity contribution in [2.45, 2.75) is 39.0 Å². The fourth-order valence-electron chi connectivity index (χ4n) is 3.80. The minimum atomic E-state index is 0.950. The molecule has 0 atom stereocenters. The summed E-state index contributed by atoms with van der Waals surface area (Å²) in [6, 6.07) is 31.9. The van der Waals surface area contributed by atoms with Gasteiger partial charge in [0.1, 0.15) is 0 Å². The van der Waals surface area contributed by atoms with Gasteiger partial charge in [-0.25, -0.2) is 4.68 Å². The third kappa shape index (κ3) is 5.61. The molecule has 156 valence electrons. The van der Waals surface area contributed by atoms with Crippen molar-refractivity contribution in [3.8, 4) is 16.9 Å². The van der Waals surface area contributed by atoms with Crippen LogP contribution < -0.4 is 0 Å². The fourth-order valence-corrected chi connectivity index (χ4v) is 3.80. The second-order valence-electron chi connectivity index (χ2n) is 7.95. The van der Waals surface area contributed by atoms with Crippen molar-refractivity contribution in [2.24, 2.45) is 0 Å². The van der Waals surface area contributed by atoms with Gasteiger partial charge in [0.2, 0.25) is 0 Å². The molecule has 2 nitrogen and oxygen atoms in total. The maximum Gasteiger partial charge on any atom is 0.0862 e. The summed E-state index contributed by atoms with van der Waals surface area (Å²) in [6.45, 7) is 2.26. The standard InChI is InChI=1S/C29H30N2/c1-2-3-4-7-14-25-18-21-28(22-19-25)31-29(26-15-10-6-11-16-26)23-27(30-31)20-17-24-12-8-5-9-13-24/h5-6,8-13,15-23H,2-4,7,14H2,1H3. The lowest BCUT2D eigenvalue weighted by Crippen LogP contribution is -1.99. The van der Waals surface area contributed by atoms with Gasteiger partial charge in [0.05, 0.1) is 17.1 Å². The number of rotatable bonds is 9. The molecule has 4 rings (SSSR count). The van der Waals surface area contributed by atoms with Crippen molar-refractivity contribution in [3.63, 3.8) is 0 Å². The zero-order valence-electron chi connectivity index (χ0n) is 18.2. The Morgan fingerprint density at radius 3 is 2.16 bits per heavy atom. The number of unbranched alkanes of at least 4 members (excludes halogenated alkanes) is 3. The second-order valence-corrected chi connectivity index (χ2v) is 7.95. The fraction of sp³-hybridized carbons (Fsp3) is 0.207. The molecule has 0 aliphatic rings. The molecule has 2 heteroatoms. The lowest BCUT2D eigenvalue weighted by atomic mass is 10.1. The monoisotopic (exact) mass is 406 g/mol. The zero-order valence-corrected chi connectivity index (χ0v) is 18.2. The van der Waals surface area contributed by atoms with Crippen LogP contribution in [0.3, 0.4) is 0 Å². The van der Waals surface area contributed by atoms with Gasteiger partial charge < -0.3 is 0 Å². The third-order valence-corrected chi connectivity index (χ3v) is 5.54. The number of hydrogen-bond acceptors (Lipinski definition) is 1. The second kappa shape index (κ2) is 10.6. The van der Waals surface area contributed by atoms with E-state index in [0.717, 1.165) is 29.1 Å². The summed E-state index contributed by atoms with van der Waals surface area (Å²) in [5, 5.41) is 4.92. The highest BCUT2D eigenvalue weighted by Crippen LogP contribution is 2.25. The Labute approximate surface area is 185 Å². The van der Waals surface area contributed by atoms with E-state index < -0.39 is 0 Å². The Morgan fingerprint density at radius 1 is 0.742 bits per heavy atom. The Balaban J connectivity index is 1.61. The Morgan fingerprint density at radius 2 is 1.45 bits per heavy atom. The van der Waals surface area contributed by atoms with E-state index in [2.05, 4.69) is 103 Å². The maximum absolute atomic E-state index is 4.92. The maximum atomic E-state index is 4.92. The first-order valence-electron chi connectivity index (χ1n) is 11.3. The lowest BCUT2D eigenvalue weighted by molar-refractivity contribution is 0.667. The number of nitrogens with zero attached hydrogens (tertiary/aromatic N) is 2. The van der Waals surface area contributed by atoms with Gasteiger partial charge in [-0.05, 0) is 48.2 Å². The minimum Gasteiger partial charge on any atom is -0.233 e. The molecule has 31 heavy (non-hydrogen) atoms. The summed E-state index contributed by atoms with van der Waals surface area (Å²) in [7, 11) is 0. The molecule has 0 radical (unpaired) electrons. The molecule has 3 aromatic carbocycles. The molecule has 0 N–H and O–H groups in total. The van der Waals surface area contributed by atoms with Crippen LogP contribution in [0, 0.1) is 0 Å². The minimum absolute atomic E-state index is 0.950. The van der Waals surface area contributed by atoms with Gasteiger partial charge in [-0.1, -0.05) is 105 Å². The molecule has 0 amide bonds. The van der Waals surface area contributed by atoms with Crippen LogP contribution in [0.1, 0.15) is 49.4 Å². The molecule has 0 spiro atoms. The summed E-state index contributed by atoms with van der Waals surface area (Å²) in [6.07, 6.45) is 10.5. The van der Waals surface area contributed by atoms with Gasteiger partial charge in [0.25, 0.3) is 0 Å². The summed E-state index contributed by atoms with van der Waals surface area (Å²) >= 11 is 0. The third-order valence-electron chi connectivity index (χ3n) is 5.54. The number of benzene rings is 3. The average molecular weight is 407 g/mol. The SMILES string of the molecule is CCCCCCc1ccc(-n2nc(C=Cc3ccccc3)cc2-c2ccccc2)cc1. The molecule has 0 unspecified atom stereocenters. The van der Waals surface area contributed by atoms with Crippen molar-refractivity contribution >= 4 is 12.2 Å². The quantitative estimate of drug-likeness (QED) is 0.259. The molecule has 0 aliphatic heterocycles. The van der Waals surface area contributed by atoms with Gasteiger partial charge in [-0.3, -0.25) is 0 Å². The van der Waals surface area contributed by atoms with E-state index >= 15 is 0 Å². The van der Waals surface area contributed by atoms with E-state index in [9.17, 15) is 0 Å². The molecule has 0 bridgehead atoms. The van der Waals surface area contributed by atoms with E-state index in [1.54, 1.807) is 0 Å². The zero-order chi connectivity index (χ0) is 21.3. The average Bonchev–Trinajstić information content (AvgIpc) is 3.27. The van der Waals surface area contributed by atoms with E-state index in [1.807, 2.05) is 12.1 Å². The van der Waals surface area contributed by atoms with E-state index in [0.29, 0.717) is 0 Å². The van der Waals surface area contributed by atoms with Crippen LogP contribution >= 0.6 is 0 Å². The predicted molar refractivity (Wildman–Crippen MR) is 132 cm³/mol. The molecule has 1 aromatic heterocycles. The highest BCUT2D eigenvalue weighted by Gasteiger charge is 2.10. The summed E-state index contributed by atoms with van der Waals surface area (Å²) in [5.41, 5.74) is 6.88. The topological polar surface area (TPSA) is 17.8 Å². The molecular formula is C29H30N2. The predicted octanol–water partition coefficient (Wildman–Crippen LogP) is 7.83. The molecule has 0 fully saturated rings. The molecular weight excluding hydrogens is 376 g/mol. The number of aromatic nitrogens is 2. The van der Waals surface area contributed by atoms with Crippen molar-refractivity contribution < 1.29 is 0 Å². The van der Waals surface area contributed by atoms with Crippen molar-refractivity contribution in [1.82, 2.24) is 9.78 Å². The van der Waals surface area contributed by atoms with E-state index in [-0.39, 0.29) is 0 Å². The van der Waals surface area contributed by atoms with Gasteiger partial charge in [0.15, 0.2) is 0 Å². The highest BCUT2D eigenvalue weighted by molar-refractivity contribution is 5.72. The molecule has 1 heterocycles. The van der Waals surface area contributed by atoms with Crippen LogP contribution in [0.25, 0.3) is 29.1 Å². The lowest BCUT2D eigenvalue weighted by Gasteiger charge is -2.09. The van der Waals surface area contributed by atoms with E-state index in [1.165, 1.54) is 36.8 Å². The summed E-state index contributed by atoms with van der Waals surface area (Å²) < 4.78 is 2.06. The van der Waals surface area contributed by atoms with Gasteiger partial charge in [-0.2, -0.15) is 5.10 Å². The Kier molecular flexibility index (Phi) is 7.12. The van der Waals surface area contributed by atoms with Crippen molar-refractivity contribution in [3.05, 3.63) is 108 Å². The van der Waals surface area contributed by atoms with Crippen LogP contribution in [0.15, 0.2) is 91.0 Å². The van der Waals surface area contributed by atoms with E-state index in [4.69, 9.17) is 5.10 Å². The largest absolute Gasteiger partial charge is 0.233 e. The van der Waals surface area contributed by atoms with Crippen LogP contribution in [-0.2, 0) is 6.42 Å². The first-order valence-corrected chi connectivity index (χ1v) is 11.3. The number of aryl methyl sites for hydroxylation is 1. The van der Waals surface area contributed by atoms with Crippen LogP contribution in [0.4, 0.5) is 0 Å². The van der Waals surface area contributed by atoms with Gasteiger partial charge in [-0.15, -0.1) is 0 Å². The Bertz CT molecular complexity index is 1090. The first-order chi connectivity index (χ1) is 15.3. The number of hydrogen-bond donors (Lipinski definition) is 0. The molecule has 0 saturated heterocycles. The normalized spacial score (nSPS) is 11.3. The summed E-state index contributed by atoms with van der Waals surface area (Å²) in [5.74, 6) is 0. The van der Waals surface area contributed by atoms with Gasteiger partial charge >= 0.3 is 0 Å². The summed E-state index contributed by atoms with van der Waals surface area (Å²) in [4.78, 5) is 0. The van der Waals surface area contributed by atoms with Crippen molar-refractivity contribution in [2.75, 3.05) is 0 Å². The smallest absolute Gasteiger partial charge is 0.0862 e. The molecule has 4 aromatic rings. The molecule has 0 aliphatic carbocycles. The van der Waals surface area contributed by atoms with Crippen molar-refractivity contribution in [1.29, 1.82) is 0 Å². The Hall–Kier alpha value is -3.39. The van der Waals surface area contributed by atoms with Gasteiger partial charge in [0, 0.05) is 5.56 Å². The van der Waals surface area contributed by atoms with Crippen LogP contribution in [0.2, 0.25) is 0 Å². The van der Waals surface area contributed by atoms with Crippen LogP contribution in [0.5, 0.6) is 0 Å². The van der Waals surface area contributed by atoms with Crippen LogP contribution in [-0.4, -0.2) is 9.78 Å². The first kappa shape index (κ1) is 20.9. The highest BCUT2D eigenvalue weighted by atomic mass is 15.3.